The zero-order valence-corrected chi connectivity index (χ0v) is 5.95. The highest BCUT2D eigenvalue weighted by Crippen LogP contribution is 1.97. The topological polar surface area (TPSA) is 83.6 Å². The third kappa shape index (κ3) is 4.43. The van der Waals surface area contributed by atoms with E-state index in [0.29, 0.717) is 6.42 Å². The average molecular weight is 147 g/mol. The highest BCUT2D eigenvalue weighted by atomic mass is 16.5. The van der Waals surface area contributed by atoms with E-state index in [1.807, 2.05) is 0 Å². The minimum absolute atomic E-state index is 0.124. The van der Waals surface area contributed by atoms with Crippen molar-refractivity contribution in [3.05, 3.63) is 0 Å². The van der Waals surface area contributed by atoms with Gasteiger partial charge >= 0.3 is 0 Å². The molecule has 0 rings (SSSR count). The molecule has 1 atom stereocenters. The molecule has 0 aliphatic heterocycles. The van der Waals surface area contributed by atoms with Gasteiger partial charge in [0.15, 0.2) is 6.29 Å². The van der Waals surface area contributed by atoms with Crippen molar-refractivity contribution in [1.82, 2.24) is 0 Å². The van der Waals surface area contributed by atoms with Crippen molar-refractivity contribution < 1.29 is 15.0 Å². The van der Waals surface area contributed by atoms with Crippen molar-refractivity contribution in [2.45, 2.75) is 32.1 Å². The Balaban J connectivity index is 3.40. The first kappa shape index (κ1) is 9.55. The van der Waals surface area contributed by atoms with E-state index < -0.39 is 12.3 Å². The molecule has 0 fully saturated rings. The van der Waals surface area contributed by atoms with E-state index in [9.17, 15) is 4.79 Å². The fourth-order valence-corrected chi connectivity index (χ4v) is 0.532. The molecular weight excluding hydrogens is 134 g/mol. The summed E-state index contributed by atoms with van der Waals surface area (Å²) in [5.41, 5.74) is 5.29. The molecule has 4 N–H and O–H groups in total. The Kier molecular flexibility index (Phi) is 4.18. The lowest BCUT2D eigenvalue weighted by Crippen LogP contribution is -2.29. The van der Waals surface area contributed by atoms with Gasteiger partial charge in [0.1, 0.15) is 5.78 Å². The van der Waals surface area contributed by atoms with Crippen LogP contribution in [-0.4, -0.2) is 28.3 Å². The van der Waals surface area contributed by atoms with Crippen LogP contribution in [0.25, 0.3) is 0 Å². The number of hydrogen-bond acceptors (Lipinski definition) is 4. The molecule has 0 radical (unpaired) electrons. The summed E-state index contributed by atoms with van der Waals surface area (Å²) in [4.78, 5) is 10.5. The van der Waals surface area contributed by atoms with E-state index in [0.717, 1.165) is 0 Å². The Labute approximate surface area is 59.7 Å². The van der Waals surface area contributed by atoms with Crippen LogP contribution in [0.1, 0.15) is 19.8 Å². The molecule has 4 nitrogen and oxygen atoms in total. The minimum atomic E-state index is -1.36. The zero-order chi connectivity index (χ0) is 8.15. The SMILES string of the molecule is CC(=O)[C@H](N)CCC(O)O. The summed E-state index contributed by atoms with van der Waals surface area (Å²) in [6.07, 6.45) is -0.876. The molecule has 0 aromatic heterocycles. The van der Waals surface area contributed by atoms with Crippen molar-refractivity contribution in [2.24, 2.45) is 5.73 Å². The molecule has 0 unspecified atom stereocenters. The van der Waals surface area contributed by atoms with E-state index in [1.54, 1.807) is 0 Å². The van der Waals surface area contributed by atoms with Gasteiger partial charge in [0, 0.05) is 0 Å². The number of ketones is 1. The van der Waals surface area contributed by atoms with Gasteiger partial charge in [0.05, 0.1) is 6.04 Å². The molecule has 0 saturated carbocycles. The van der Waals surface area contributed by atoms with Gasteiger partial charge < -0.3 is 15.9 Å². The summed E-state index contributed by atoms with van der Waals surface area (Å²) in [5, 5.41) is 16.7. The first-order valence-electron chi connectivity index (χ1n) is 3.16. The standard InChI is InChI=1S/C6H13NO3/c1-4(8)5(7)2-3-6(9)10/h5-6,9-10H,2-3,7H2,1H3/t5-/m1/s1. The van der Waals surface area contributed by atoms with Gasteiger partial charge in [-0.25, -0.2) is 0 Å². The largest absolute Gasteiger partial charge is 0.368 e. The maximum Gasteiger partial charge on any atom is 0.151 e. The third-order valence-electron chi connectivity index (χ3n) is 1.26. The van der Waals surface area contributed by atoms with Gasteiger partial charge in [0.2, 0.25) is 0 Å². The van der Waals surface area contributed by atoms with Crippen LogP contribution in [0.3, 0.4) is 0 Å². The normalized spacial score (nSPS) is 13.7. The lowest BCUT2D eigenvalue weighted by Gasteiger charge is -2.07. The maximum absolute atomic E-state index is 10.5. The van der Waals surface area contributed by atoms with Crippen LogP contribution < -0.4 is 5.73 Å². The number of nitrogens with two attached hydrogens (primary N) is 1. The highest BCUT2D eigenvalue weighted by Gasteiger charge is 2.08. The smallest absolute Gasteiger partial charge is 0.151 e. The van der Waals surface area contributed by atoms with Crippen molar-refractivity contribution in [3.63, 3.8) is 0 Å². The number of rotatable bonds is 4. The summed E-state index contributed by atoms with van der Waals surface area (Å²) in [5.74, 6) is -0.124. The van der Waals surface area contributed by atoms with Crippen molar-refractivity contribution in [3.8, 4) is 0 Å². The predicted octanol–water partition coefficient (Wildman–Crippen LogP) is -1.01. The van der Waals surface area contributed by atoms with Crippen LogP contribution in [0.5, 0.6) is 0 Å². The number of aliphatic hydroxyl groups excluding tert-OH is 1. The third-order valence-corrected chi connectivity index (χ3v) is 1.26. The van der Waals surface area contributed by atoms with Crippen molar-refractivity contribution >= 4 is 5.78 Å². The fourth-order valence-electron chi connectivity index (χ4n) is 0.532. The predicted molar refractivity (Wildman–Crippen MR) is 36.1 cm³/mol. The first-order chi connectivity index (χ1) is 4.54. The molecule has 0 spiro atoms. The molecule has 0 heterocycles. The molecule has 0 aliphatic carbocycles. The average Bonchev–Trinajstić information content (AvgIpc) is 1.82. The van der Waals surface area contributed by atoms with Crippen molar-refractivity contribution in [1.29, 1.82) is 0 Å². The van der Waals surface area contributed by atoms with Gasteiger partial charge in [0.25, 0.3) is 0 Å². The Bertz CT molecular complexity index is 114. The zero-order valence-electron chi connectivity index (χ0n) is 5.95. The molecule has 0 amide bonds. The monoisotopic (exact) mass is 147 g/mol. The Morgan fingerprint density at radius 2 is 2.00 bits per heavy atom. The van der Waals surface area contributed by atoms with Gasteiger partial charge in [-0.05, 0) is 19.8 Å². The van der Waals surface area contributed by atoms with Gasteiger partial charge in [-0.15, -0.1) is 0 Å². The number of hydrogen-bond donors (Lipinski definition) is 3. The summed E-state index contributed by atoms with van der Waals surface area (Å²) in [6.45, 7) is 1.38. The van der Waals surface area contributed by atoms with Crippen LogP contribution in [0, 0.1) is 0 Å². The molecule has 4 heteroatoms. The molecule has 0 aromatic rings. The number of Topliss-reactive ketones (excluding diaryl/α,β-unsaturated/α-hetero) is 1. The highest BCUT2D eigenvalue weighted by molar-refractivity contribution is 5.80. The van der Waals surface area contributed by atoms with Crippen LogP contribution in [0.2, 0.25) is 0 Å². The summed E-state index contributed by atoms with van der Waals surface area (Å²) in [7, 11) is 0. The molecular formula is C6H13NO3. The maximum atomic E-state index is 10.5. The lowest BCUT2D eigenvalue weighted by atomic mass is 10.1. The Morgan fingerprint density at radius 1 is 1.50 bits per heavy atom. The lowest BCUT2D eigenvalue weighted by molar-refractivity contribution is -0.118. The van der Waals surface area contributed by atoms with Gasteiger partial charge in [-0.1, -0.05) is 0 Å². The molecule has 0 aliphatic rings. The Hall–Kier alpha value is -0.450. The van der Waals surface area contributed by atoms with E-state index in [2.05, 4.69) is 0 Å². The van der Waals surface area contributed by atoms with E-state index in [-0.39, 0.29) is 12.2 Å². The van der Waals surface area contributed by atoms with Crippen molar-refractivity contribution in [2.75, 3.05) is 0 Å². The summed E-state index contributed by atoms with van der Waals surface area (Å²) in [6, 6.07) is -0.554. The first-order valence-corrected chi connectivity index (χ1v) is 3.16. The van der Waals surface area contributed by atoms with Gasteiger partial charge in [-0.2, -0.15) is 0 Å². The van der Waals surface area contributed by atoms with Crippen LogP contribution in [0.15, 0.2) is 0 Å². The second kappa shape index (κ2) is 4.38. The molecule has 0 aromatic carbocycles. The molecule has 0 bridgehead atoms. The molecule has 10 heavy (non-hydrogen) atoms. The summed E-state index contributed by atoms with van der Waals surface area (Å²) < 4.78 is 0. The minimum Gasteiger partial charge on any atom is -0.368 e. The Morgan fingerprint density at radius 3 is 2.30 bits per heavy atom. The fraction of sp³-hybridized carbons (Fsp3) is 0.833. The van der Waals surface area contributed by atoms with E-state index in [1.165, 1.54) is 6.92 Å². The van der Waals surface area contributed by atoms with Crippen LogP contribution in [0.4, 0.5) is 0 Å². The number of aliphatic hydroxyl groups is 2. The van der Waals surface area contributed by atoms with Gasteiger partial charge in [-0.3, -0.25) is 4.79 Å². The molecule has 60 valence electrons. The summed E-state index contributed by atoms with van der Waals surface area (Å²) >= 11 is 0. The number of carbonyl (C=O) groups excluding carboxylic acids is 1. The quantitative estimate of drug-likeness (QED) is 0.445. The van der Waals surface area contributed by atoms with Crippen LogP contribution in [-0.2, 0) is 4.79 Å². The van der Waals surface area contributed by atoms with E-state index in [4.69, 9.17) is 15.9 Å². The van der Waals surface area contributed by atoms with E-state index >= 15 is 0 Å². The second-order valence-electron chi connectivity index (χ2n) is 2.28. The number of carbonyl (C=O) groups is 1. The van der Waals surface area contributed by atoms with Crippen LogP contribution >= 0.6 is 0 Å². The molecule has 0 saturated heterocycles. The second-order valence-corrected chi connectivity index (χ2v) is 2.28.